The smallest absolute Gasteiger partial charge is 0.344 e. The standard InChI is InChI=1S/C21H21ClN2O4S/c1-13-10-15(8-9-16(13)22)27-12-20(26)28-11-19(25)24(3)14(2)21-23-17-6-4-5-7-18(17)29-21/h4-10,14H,11-12H2,1-3H3/t14-/m0/s1. The number of esters is 1. The number of ether oxygens (including phenoxy) is 2. The summed E-state index contributed by atoms with van der Waals surface area (Å²) in [4.78, 5) is 30.4. The number of hydrogen-bond acceptors (Lipinski definition) is 6. The first-order chi connectivity index (χ1) is 13.8. The lowest BCUT2D eigenvalue weighted by molar-refractivity contribution is -0.153. The van der Waals surface area contributed by atoms with Crippen LogP contribution in [-0.4, -0.2) is 42.0 Å². The molecule has 0 unspecified atom stereocenters. The molecule has 0 saturated heterocycles. The predicted molar refractivity (Wildman–Crippen MR) is 113 cm³/mol. The average molecular weight is 433 g/mol. The van der Waals surface area contributed by atoms with Gasteiger partial charge in [0.2, 0.25) is 0 Å². The van der Waals surface area contributed by atoms with E-state index in [-0.39, 0.29) is 25.2 Å². The summed E-state index contributed by atoms with van der Waals surface area (Å²) in [6, 6.07) is 12.7. The summed E-state index contributed by atoms with van der Waals surface area (Å²) in [6.07, 6.45) is 0. The molecule has 0 saturated carbocycles. The van der Waals surface area contributed by atoms with E-state index in [0.29, 0.717) is 10.8 Å². The number of rotatable bonds is 7. The highest BCUT2D eigenvalue weighted by atomic mass is 35.5. The molecule has 0 bridgehead atoms. The molecular formula is C21H21ClN2O4S. The first-order valence-electron chi connectivity index (χ1n) is 9.01. The van der Waals surface area contributed by atoms with Crippen LogP contribution in [0, 0.1) is 6.92 Å². The second-order valence-electron chi connectivity index (χ2n) is 6.56. The molecule has 3 aromatic rings. The Labute approximate surface area is 178 Å². The molecule has 0 fully saturated rings. The van der Waals surface area contributed by atoms with Crippen LogP contribution in [0.15, 0.2) is 42.5 Å². The first kappa shape index (κ1) is 21.1. The van der Waals surface area contributed by atoms with Gasteiger partial charge in [0.1, 0.15) is 10.8 Å². The SMILES string of the molecule is Cc1cc(OCC(=O)OCC(=O)N(C)[C@@H](C)c2nc3ccccc3s2)ccc1Cl. The minimum atomic E-state index is -0.619. The fourth-order valence-corrected chi connectivity index (χ4v) is 3.77. The normalized spacial score (nSPS) is 11.9. The Balaban J connectivity index is 1.49. The molecule has 2 aromatic carbocycles. The van der Waals surface area contributed by atoms with Gasteiger partial charge in [-0.1, -0.05) is 23.7 Å². The van der Waals surface area contributed by atoms with Crippen LogP contribution in [0.4, 0.5) is 0 Å². The zero-order valence-electron chi connectivity index (χ0n) is 16.3. The molecule has 3 rings (SSSR count). The van der Waals surface area contributed by atoms with E-state index >= 15 is 0 Å². The minimum Gasteiger partial charge on any atom is -0.482 e. The Morgan fingerprint density at radius 2 is 1.97 bits per heavy atom. The van der Waals surface area contributed by atoms with Crippen molar-refractivity contribution in [3.63, 3.8) is 0 Å². The van der Waals surface area contributed by atoms with Crippen molar-refractivity contribution in [2.24, 2.45) is 0 Å². The van der Waals surface area contributed by atoms with Crippen LogP contribution in [0.25, 0.3) is 10.2 Å². The number of carbonyl (C=O) groups is 2. The summed E-state index contributed by atoms with van der Waals surface area (Å²) < 4.78 is 11.5. The lowest BCUT2D eigenvalue weighted by Crippen LogP contribution is -2.34. The number of carbonyl (C=O) groups excluding carboxylic acids is 2. The van der Waals surface area contributed by atoms with Crippen molar-refractivity contribution in [3.05, 3.63) is 58.1 Å². The van der Waals surface area contributed by atoms with Crippen molar-refractivity contribution in [3.8, 4) is 5.75 Å². The molecule has 8 heteroatoms. The topological polar surface area (TPSA) is 68.7 Å². The van der Waals surface area contributed by atoms with E-state index in [1.54, 1.807) is 36.6 Å². The Hall–Kier alpha value is -2.64. The lowest BCUT2D eigenvalue weighted by atomic mass is 10.2. The second kappa shape index (κ2) is 9.24. The van der Waals surface area contributed by atoms with E-state index < -0.39 is 5.97 Å². The fraction of sp³-hybridized carbons (Fsp3) is 0.286. The number of benzene rings is 2. The number of fused-ring (bicyclic) bond motifs is 1. The van der Waals surface area contributed by atoms with Gasteiger partial charge in [0.15, 0.2) is 13.2 Å². The third-order valence-corrected chi connectivity index (χ3v) is 6.12. The van der Waals surface area contributed by atoms with Gasteiger partial charge in [0, 0.05) is 12.1 Å². The van der Waals surface area contributed by atoms with Crippen LogP contribution in [0.1, 0.15) is 23.5 Å². The molecule has 0 N–H and O–H groups in total. The minimum absolute atomic E-state index is 0.230. The summed E-state index contributed by atoms with van der Waals surface area (Å²) in [5.74, 6) is -0.420. The van der Waals surface area contributed by atoms with Crippen LogP contribution < -0.4 is 4.74 Å². The van der Waals surface area contributed by atoms with Gasteiger partial charge in [0.05, 0.1) is 16.3 Å². The summed E-state index contributed by atoms with van der Waals surface area (Å²) in [7, 11) is 1.67. The van der Waals surface area contributed by atoms with E-state index in [0.717, 1.165) is 20.8 Å². The number of aromatic nitrogens is 1. The quantitative estimate of drug-likeness (QED) is 0.517. The molecule has 0 aliphatic rings. The maximum Gasteiger partial charge on any atom is 0.344 e. The monoisotopic (exact) mass is 432 g/mol. The Morgan fingerprint density at radius 1 is 1.21 bits per heavy atom. The molecule has 0 radical (unpaired) electrons. The highest BCUT2D eigenvalue weighted by Crippen LogP contribution is 2.28. The van der Waals surface area contributed by atoms with Crippen LogP contribution in [0.5, 0.6) is 5.75 Å². The predicted octanol–water partition coefficient (Wildman–Crippen LogP) is 4.40. The van der Waals surface area contributed by atoms with Gasteiger partial charge in [-0.05, 0) is 49.7 Å². The maximum atomic E-state index is 12.4. The molecule has 0 spiro atoms. The van der Waals surface area contributed by atoms with E-state index in [4.69, 9.17) is 21.1 Å². The second-order valence-corrected chi connectivity index (χ2v) is 8.03. The van der Waals surface area contributed by atoms with E-state index in [9.17, 15) is 9.59 Å². The highest BCUT2D eigenvalue weighted by Gasteiger charge is 2.21. The van der Waals surface area contributed by atoms with Gasteiger partial charge in [-0.15, -0.1) is 11.3 Å². The molecule has 1 heterocycles. The largest absolute Gasteiger partial charge is 0.482 e. The summed E-state index contributed by atoms with van der Waals surface area (Å²) >= 11 is 7.50. The molecule has 1 aromatic heterocycles. The van der Waals surface area contributed by atoms with Gasteiger partial charge in [-0.3, -0.25) is 4.79 Å². The molecule has 152 valence electrons. The van der Waals surface area contributed by atoms with Crippen LogP contribution in [-0.2, 0) is 14.3 Å². The van der Waals surface area contributed by atoms with Crippen molar-refractivity contribution < 1.29 is 19.1 Å². The van der Waals surface area contributed by atoms with Crippen molar-refractivity contribution in [2.75, 3.05) is 20.3 Å². The van der Waals surface area contributed by atoms with Gasteiger partial charge >= 0.3 is 5.97 Å². The Kier molecular flexibility index (Phi) is 6.71. The molecule has 0 aliphatic carbocycles. The number of thiazole rings is 1. The molecule has 1 atom stereocenters. The van der Waals surface area contributed by atoms with Crippen LogP contribution in [0.3, 0.4) is 0 Å². The van der Waals surface area contributed by atoms with Crippen LogP contribution >= 0.6 is 22.9 Å². The van der Waals surface area contributed by atoms with Gasteiger partial charge in [-0.25, -0.2) is 9.78 Å². The van der Waals surface area contributed by atoms with E-state index in [2.05, 4.69) is 4.98 Å². The van der Waals surface area contributed by atoms with Crippen LogP contribution in [0.2, 0.25) is 5.02 Å². The maximum absolute atomic E-state index is 12.4. The summed E-state index contributed by atoms with van der Waals surface area (Å²) in [5.41, 5.74) is 1.75. The number of aryl methyl sites for hydroxylation is 1. The van der Waals surface area contributed by atoms with Crippen molar-refractivity contribution in [1.82, 2.24) is 9.88 Å². The van der Waals surface area contributed by atoms with Crippen molar-refractivity contribution >= 4 is 45.0 Å². The van der Waals surface area contributed by atoms with Crippen molar-refractivity contribution in [2.45, 2.75) is 19.9 Å². The summed E-state index contributed by atoms with van der Waals surface area (Å²) in [6.45, 7) is 3.09. The molecule has 1 amide bonds. The number of para-hydroxylation sites is 1. The van der Waals surface area contributed by atoms with E-state index in [1.165, 1.54) is 4.90 Å². The Bertz CT molecular complexity index is 1000. The number of likely N-dealkylation sites (N-methyl/N-ethyl adjacent to an activating group) is 1. The van der Waals surface area contributed by atoms with Gasteiger partial charge in [0.25, 0.3) is 5.91 Å². The average Bonchev–Trinajstić information content (AvgIpc) is 3.16. The highest BCUT2D eigenvalue weighted by molar-refractivity contribution is 7.18. The molecule has 29 heavy (non-hydrogen) atoms. The van der Waals surface area contributed by atoms with Crippen molar-refractivity contribution in [1.29, 1.82) is 0 Å². The Morgan fingerprint density at radius 3 is 2.69 bits per heavy atom. The number of nitrogens with zero attached hydrogens (tertiary/aromatic N) is 2. The van der Waals surface area contributed by atoms with E-state index in [1.807, 2.05) is 38.1 Å². The first-order valence-corrected chi connectivity index (χ1v) is 10.2. The molecule has 0 aliphatic heterocycles. The molecule has 6 nitrogen and oxygen atoms in total. The van der Waals surface area contributed by atoms with Gasteiger partial charge in [-0.2, -0.15) is 0 Å². The number of amides is 1. The zero-order valence-corrected chi connectivity index (χ0v) is 17.9. The zero-order chi connectivity index (χ0) is 21.0. The summed E-state index contributed by atoms with van der Waals surface area (Å²) in [5, 5.41) is 1.45. The lowest BCUT2D eigenvalue weighted by Gasteiger charge is -2.23. The van der Waals surface area contributed by atoms with Gasteiger partial charge < -0.3 is 14.4 Å². The number of halogens is 1. The molecular weight excluding hydrogens is 412 g/mol. The third kappa shape index (κ3) is 5.25. The fourth-order valence-electron chi connectivity index (χ4n) is 2.59. The third-order valence-electron chi connectivity index (χ3n) is 4.48. The number of hydrogen-bond donors (Lipinski definition) is 0.